The average molecular weight is 1580 g/mol. The van der Waals surface area contributed by atoms with E-state index in [9.17, 15) is 203 Å². The molecule has 576 valence electrons. The van der Waals surface area contributed by atoms with Gasteiger partial charge in [0.05, 0.1) is 0 Å². The molecule has 0 radical (unpaired) electrons. The summed E-state index contributed by atoms with van der Waals surface area (Å²) in [6.45, 7) is -8.60. The number of esters is 2. The van der Waals surface area contributed by atoms with Crippen molar-refractivity contribution in [2.75, 3.05) is 0 Å². The van der Waals surface area contributed by atoms with Gasteiger partial charge in [-0.25, -0.2) is 0 Å². The van der Waals surface area contributed by atoms with Crippen molar-refractivity contribution in [3.05, 3.63) is 68.8 Å². The van der Waals surface area contributed by atoms with Crippen molar-refractivity contribution in [1.29, 1.82) is 0 Å². The largest absolute Gasteiger partial charge is 0.460 e. The van der Waals surface area contributed by atoms with Crippen LogP contribution in [0, 0.1) is 13.8 Å². The van der Waals surface area contributed by atoms with Crippen LogP contribution in [-0.2, 0) is 56.0 Å². The Labute approximate surface area is 505 Å². The molecule has 2 aromatic rings. The Bertz CT molecular complexity index is 2910. The number of alkyl halides is 52. The van der Waals surface area contributed by atoms with Crippen LogP contribution in [0.5, 0.6) is 0 Å². The minimum Gasteiger partial charge on any atom is -0.460 e. The summed E-state index contributed by atoms with van der Waals surface area (Å²) in [6, 6.07) is -6.57. The van der Waals surface area contributed by atoms with Crippen molar-refractivity contribution in [2.24, 2.45) is 0 Å². The summed E-state index contributed by atoms with van der Waals surface area (Å²) in [7, 11) is 0. The molecule has 0 saturated heterocycles. The van der Waals surface area contributed by atoms with Crippen LogP contribution in [0.15, 0.2) is 24.3 Å². The zero-order valence-corrected chi connectivity index (χ0v) is 44.7. The Morgan fingerprint density at radius 2 is 0.364 bits per heavy atom. The number of hydrogen-bond acceptors (Lipinski definition) is 4. The number of halogens is 52. The van der Waals surface area contributed by atoms with Gasteiger partial charge in [0.2, 0.25) is 0 Å². The fourth-order valence-electron chi connectivity index (χ4n) is 7.32. The highest BCUT2D eigenvalue weighted by molar-refractivity contribution is 5.91. The van der Waals surface area contributed by atoms with E-state index in [4.69, 9.17) is 0 Å². The predicted octanol–water partition coefficient (Wildman–Crippen LogP) is 20.3. The second-order valence-electron chi connectivity index (χ2n) is 19.6. The summed E-state index contributed by atoms with van der Waals surface area (Å²) in [5, 5.41) is 0. The Morgan fingerprint density at radius 3 is 0.495 bits per heavy atom. The lowest BCUT2D eigenvalue weighted by Crippen LogP contribution is -2.69. The molecule has 0 aliphatic heterocycles. The van der Waals surface area contributed by atoms with Gasteiger partial charge in [-0.1, -0.05) is 0 Å². The molecule has 0 aromatic heterocycles. The molecule has 0 spiro atoms. The van der Waals surface area contributed by atoms with Crippen molar-refractivity contribution in [2.45, 2.75) is 177 Å². The summed E-state index contributed by atoms with van der Waals surface area (Å²) in [5.41, 5.74) is -30.0. The molecule has 0 aliphatic carbocycles. The normalized spacial score (nSPS) is 16.0. The summed E-state index contributed by atoms with van der Waals surface area (Å²) in [4.78, 5) is 24.9. The van der Waals surface area contributed by atoms with Crippen molar-refractivity contribution in [1.82, 2.24) is 0 Å². The number of carbonyl (C=O) groups excluding carboxylic acids is 2. The van der Waals surface area contributed by atoms with E-state index in [1.165, 1.54) is 0 Å². The predicted molar refractivity (Wildman–Crippen MR) is 206 cm³/mol. The molecule has 99 heavy (non-hydrogen) atoms. The minimum absolute atomic E-state index is 1.20. The topological polar surface area (TPSA) is 52.6 Å². The first kappa shape index (κ1) is 88.8. The van der Waals surface area contributed by atoms with Crippen molar-refractivity contribution in [3.8, 4) is 0 Å². The zero-order valence-electron chi connectivity index (χ0n) is 44.7. The summed E-state index contributed by atoms with van der Waals surface area (Å²) >= 11 is 0. The molecule has 0 N–H and O–H groups in total. The van der Waals surface area contributed by atoms with Gasteiger partial charge in [-0.2, -0.15) is 228 Å². The van der Waals surface area contributed by atoms with E-state index < -0.39 is 257 Å². The fraction of sp³-hybridized carbons (Fsp3) is 0.674. The van der Waals surface area contributed by atoms with E-state index in [0.29, 0.717) is 0 Å². The number of benzene rings is 2. The Kier molecular flexibility index (Phi) is 21.7. The van der Waals surface area contributed by atoms with Crippen LogP contribution in [0.25, 0.3) is 0 Å². The van der Waals surface area contributed by atoms with Gasteiger partial charge in [-0.05, 0) is 60.4 Å². The smallest absolute Gasteiger partial charge is 0.460 e. The first-order valence-electron chi connectivity index (χ1n) is 22.9. The van der Waals surface area contributed by atoms with Gasteiger partial charge in [0.15, 0.2) is 0 Å². The average Bonchev–Trinajstić information content (AvgIpc) is 0.711. The summed E-state index contributed by atoms with van der Waals surface area (Å²) in [5.74, 6) is -184. The highest BCUT2D eigenvalue weighted by Crippen LogP contribution is 2.69. The number of carbonyl (C=O) groups is 2. The molecule has 2 rings (SSSR count). The quantitative estimate of drug-likeness (QED) is 0.0535. The third kappa shape index (κ3) is 12.4. The molecule has 0 fully saturated rings. The molecule has 0 atom stereocenters. The van der Waals surface area contributed by atoms with Crippen molar-refractivity contribution in [3.63, 3.8) is 0 Å². The van der Waals surface area contributed by atoms with Gasteiger partial charge < -0.3 is 9.47 Å². The van der Waals surface area contributed by atoms with Gasteiger partial charge in [0.25, 0.3) is 0 Å². The first-order valence-corrected chi connectivity index (χ1v) is 22.9. The van der Waals surface area contributed by atoms with E-state index in [1.807, 2.05) is 0 Å². The lowest BCUT2D eigenvalue weighted by atomic mass is 9.83. The van der Waals surface area contributed by atoms with Crippen molar-refractivity contribution < 1.29 is 247 Å². The van der Waals surface area contributed by atoms with Gasteiger partial charge in [-0.15, -0.1) is 0 Å². The van der Waals surface area contributed by atoms with Crippen LogP contribution in [0.4, 0.5) is 228 Å². The minimum atomic E-state index is -9.19. The molecule has 0 bridgehead atoms. The third-order valence-electron chi connectivity index (χ3n) is 13.1. The van der Waals surface area contributed by atoms with Crippen LogP contribution in [0.2, 0.25) is 0 Å². The molecule has 0 unspecified atom stereocenters. The zero-order chi connectivity index (χ0) is 80.1. The lowest BCUT2D eigenvalue weighted by Gasteiger charge is -2.41. The van der Waals surface area contributed by atoms with Gasteiger partial charge >= 0.3 is 155 Å². The van der Waals surface area contributed by atoms with E-state index in [1.54, 1.807) is 0 Å². The lowest BCUT2D eigenvalue weighted by molar-refractivity contribution is -0.442. The molecule has 2 aromatic carbocycles. The Hall–Kier alpha value is -6.26. The van der Waals surface area contributed by atoms with E-state index in [2.05, 4.69) is 9.47 Å². The summed E-state index contributed by atoms with van der Waals surface area (Å²) in [6.07, 6.45) is -36.2. The van der Waals surface area contributed by atoms with Crippen LogP contribution in [0.3, 0.4) is 0 Å². The number of rotatable bonds is 26. The Balaban J connectivity index is 3.12. The van der Waals surface area contributed by atoms with E-state index in [0.717, 1.165) is 0 Å². The second-order valence-corrected chi connectivity index (χ2v) is 19.6. The Morgan fingerprint density at radius 1 is 0.232 bits per heavy atom. The van der Waals surface area contributed by atoms with Crippen molar-refractivity contribution >= 4 is 11.9 Å². The third-order valence-corrected chi connectivity index (χ3v) is 13.1. The van der Waals surface area contributed by atoms with Gasteiger partial charge in [0.1, 0.15) is 19.6 Å². The fourth-order valence-corrected chi connectivity index (χ4v) is 7.32. The molecule has 56 heteroatoms. The molecule has 4 nitrogen and oxygen atoms in total. The maximum Gasteiger partial charge on any atom is 0.460 e. The molecule has 0 saturated carbocycles. The molecular weight excluding hydrogens is 1570 g/mol. The highest BCUT2D eigenvalue weighted by Gasteiger charge is 2.95. The number of ether oxygens (including phenoxy) is 2. The van der Waals surface area contributed by atoms with Crippen LogP contribution in [0.1, 0.15) is 50.9 Å². The number of hydrogen-bond donors (Lipinski definition) is 0. The van der Waals surface area contributed by atoms with Gasteiger partial charge in [-0.3, -0.25) is 9.59 Å². The molecule has 0 amide bonds. The SMILES string of the molecule is Cc1c(C(F)(F)C(F)(F)C(F)(F)C(F)(F)C(F)(F)C(F)(F)F)cc(COC(=O)CC(=O)OCc2cc(C(F)(F)C(F)(F)C(F)(F)C(F)(F)C(F)(F)C(F)(F)F)c(C)c(C(F)(F)C(F)(F)C(F)(F)C(F)(F)C(F)(F)C(F)(F)F)c2)cc1C(F)(F)C(F)(F)C(F)(F)C(F)(F)C(F)(F)C(F)(F)F. The van der Waals surface area contributed by atoms with Crippen LogP contribution < -0.4 is 0 Å². The van der Waals surface area contributed by atoms with E-state index in [-0.39, 0.29) is 0 Å². The van der Waals surface area contributed by atoms with Crippen LogP contribution in [-0.4, -0.2) is 131 Å². The maximum absolute atomic E-state index is 15.5. The first-order chi connectivity index (χ1) is 42.5. The maximum atomic E-state index is 15.5. The summed E-state index contributed by atoms with van der Waals surface area (Å²) < 4.78 is 740. The molecule has 0 aliphatic rings. The highest BCUT2D eigenvalue weighted by atomic mass is 19.5. The van der Waals surface area contributed by atoms with Crippen LogP contribution >= 0.6 is 0 Å². The monoisotopic (exact) mass is 1580 g/mol. The van der Waals surface area contributed by atoms with Gasteiger partial charge in [0, 0.05) is 22.3 Å². The van der Waals surface area contributed by atoms with E-state index >= 15 is 35.1 Å². The molecular formula is C43H16F52O4. The molecule has 0 heterocycles. The standard InChI is InChI=1S/C43H16F52O4/c1-10-14(20(44,45)24(52,53)28(60,61)32(68,69)36(76,77)40(84,85)86)3-12(4-15(10)21(46,47)25(54,55)29(62,63)33(70,71)37(78,79)41(87,88)89)8-98-18(96)7-19(97)99-9-13-5-16(22(48,49)26(56,57)30(64,65)34(72,73)38(80,81)42(90,91)92)11(2)17(6-13)23(50,51)27(58,59)31(66,67)35(74,75)39(82,83)43(93,94)95/h3-6H,7-9H2,1-2H3. The second kappa shape index (κ2) is 24.2.